The van der Waals surface area contributed by atoms with E-state index >= 15 is 0 Å². The largest absolute Gasteiger partial charge is 0.306 e. The molecule has 1 aliphatic heterocycles. The van der Waals surface area contributed by atoms with Crippen LogP contribution in [0, 0.1) is 6.92 Å². The molecule has 0 N–H and O–H groups in total. The zero-order valence-corrected chi connectivity index (χ0v) is 12.2. The second-order valence-electron chi connectivity index (χ2n) is 5.84. The van der Waals surface area contributed by atoms with Crippen LogP contribution in [0.2, 0.25) is 0 Å². The third-order valence-electron chi connectivity index (χ3n) is 3.73. The minimum Gasteiger partial charge on any atom is -0.306 e. The monoisotopic (exact) mass is 265 g/mol. The molecule has 1 aromatic carbocycles. The molecule has 0 radical (unpaired) electrons. The second-order valence-corrected chi connectivity index (χ2v) is 6.11. The molecule has 0 fully saturated rings. The van der Waals surface area contributed by atoms with Gasteiger partial charge in [-0.05, 0) is 50.3 Å². The van der Waals surface area contributed by atoms with Crippen molar-refractivity contribution in [1.82, 2.24) is 0 Å². The van der Waals surface area contributed by atoms with Crippen LogP contribution in [-0.2, 0) is 4.79 Å². The van der Waals surface area contributed by atoms with E-state index in [-0.39, 0.29) is 17.3 Å². The summed E-state index contributed by atoms with van der Waals surface area (Å²) < 4.78 is 0. The maximum absolute atomic E-state index is 12.2. The molecule has 18 heavy (non-hydrogen) atoms. The van der Waals surface area contributed by atoms with Crippen LogP contribution in [0.1, 0.15) is 44.2 Å². The molecule has 2 nitrogen and oxygen atoms in total. The zero-order chi connectivity index (χ0) is 13.5. The van der Waals surface area contributed by atoms with Crippen LogP contribution in [0.3, 0.4) is 0 Å². The molecule has 1 atom stereocenters. The van der Waals surface area contributed by atoms with Gasteiger partial charge in [0.2, 0.25) is 5.91 Å². The molecule has 1 heterocycles. The molecule has 1 amide bonds. The number of nitrogens with zero attached hydrogens (tertiary/aromatic N) is 1. The van der Waals surface area contributed by atoms with Crippen molar-refractivity contribution in [1.29, 1.82) is 0 Å². The van der Waals surface area contributed by atoms with Gasteiger partial charge in [0.1, 0.15) is 5.88 Å². The fraction of sp³-hybridized carbons (Fsp3) is 0.533. The molecule has 0 saturated heterocycles. The summed E-state index contributed by atoms with van der Waals surface area (Å²) in [5.41, 5.74) is 3.28. The Hall–Kier alpha value is -1.02. The Balaban J connectivity index is 2.60. The fourth-order valence-corrected chi connectivity index (χ4v) is 3.19. The molecule has 0 unspecified atom stereocenters. The van der Waals surface area contributed by atoms with Crippen LogP contribution < -0.4 is 4.90 Å². The molecular weight excluding hydrogens is 246 g/mol. The molecular formula is C15H20ClNO. The van der Waals surface area contributed by atoms with Crippen molar-refractivity contribution in [3.63, 3.8) is 0 Å². The van der Waals surface area contributed by atoms with Gasteiger partial charge in [0, 0.05) is 11.2 Å². The Morgan fingerprint density at radius 2 is 2.17 bits per heavy atom. The number of alkyl halides is 1. The predicted molar refractivity (Wildman–Crippen MR) is 76.5 cm³/mol. The third kappa shape index (κ3) is 2.14. The van der Waals surface area contributed by atoms with Crippen molar-refractivity contribution >= 4 is 23.2 Å². The van der Waals surface area contributed by atoms with E-state index in [1.807, 2.05) is 4.90 Å². The minimum atomic E-state index is -0.174. The van der Waals surface area contributed by atoms with Gasteiger partial charge in [-0.2, -0.15) is 0 Å². The highest BCUT2D eigenvalue weighted by atomic mass is 35.5. The lowest BCUT2D eigenvalue weighted by Gasteiger charge is -2.46. The van der Waals surface area contributed by atoms with E-state index < -0.39 is 0 Å². The highest BCUT2D eigenvalue weighted by Gasteiger charge is 2.39. The summed E-state index contributed by atoms with van der Waals surface area (Å²) >= 11 is 5.76. The Morgan fingerprint density at radius 3 is 2.78 bits per heavy atom. The van der Waals surface area contributed by atoms with E-state index in [2.05, 4.69) is 45.9 Å². The highest BCUT2D eigenvalue weighted by Crippen LogP contribution is 2.43. The van der Waals surface area contributed by atoms with Gasteiger partial charge in [0.25, 0.3) is 0 Å². The van der Waals surface area contributed by atoms with E-state index in [0.29, 0.717) is 5.92 Å². The van der Waals surface area contributed by atoms with Gasteiger partial charge in [0.15, 0.2) is 0 Å². The molecule has 98 valence electrons. The van der Waals surface area contributed by atoms with E-state index in [1.54, 1.807) is 0 Å². The van der Waals surface area contributed by atoms with Gasteiger partial charge in [-0.3, -0.25) is 4.79 Å². The van der Waals surface area contributed by atoms with Gasteiger partial charge >= 0.3 is 0 Å². The number of fused-ring (bicyclic) bond motifs is 1. The first-order valence-electron chi connectivity index (χ1n) is 6.36. The van der Waals surface area contributed by atoms with Crippen molar-refractivity contribution in [2.45, 2.75) is 45.6 Å². The SMILES string of the molecule is Cc1ccc2c(c1)N(C(=O)CCl)C(C)(C)C[C@H]2C. The smallest absolute Gasteiger partial charge is 0.242 e. The first-order valence-corrected chi connectivity index (χ1v) is 6.90. The normalized spacial score (nSPS) is 21.6. The van der Waals surface area contributed by atoms with Gasteiger partial charge in [-0.15, -0.1) is 11.6 Å². The summed E-state index contributed by atoms with van der Waals surface area (Å²) in [4.78, 5) is 14.0. The molecule has 1 aromatic rings. The summed E-state index contributed by atoms with van der Waals surface area (Å²) in [5.74, 6) is 0.487. The van der Waals surface area contributed by atoms with Crippen LogP contribution in [-0.4, -0.2) is 17.3 Å². The summed E-state index contributed by atoms with van der Waals surface area (Å²) in [6.07, 6.45) is 0.964. The van der Waals surface area contributed by atoms with Crippen LogP contribution in [0.25, 0.3) is 0 Å². The van der Waals surface area contributed by atoms with Crippen molar-refractivity contribution in [2.75, 3.05) is 10.8 Å². The quantitative estimate of drug-likeness (QED) is 0.706. The topological polar surface area (TPSA) is 20.3 Å². The molecule has 0 saturated carbocycles. The predicted octanol–water partition coefficient (Wildman–Crippen LogP) is 3.85. The van der Waals surface area contributed by atoms with Crippen LogP contribution in [0.15, 0.2) is 18.2 Å². The van der Waals surface area contributed by atoms with Crippen LogP contribution in [0.5, 0.6) is 0 Å². The van der Waals surface area contributed by atoms with Gasteiger partial charge < -0.3 is 4.90 Å². The number of anilines is 1. The molecule has 1 aliphatic rings. The van der Waals surface area contributed by atoms with Crippen molar-refractivity contribution in [3.05, 3.63) is 29.3 Å². The lowest BCUT2D eigenvalue weighted by atomic mass is 9.79. The summed E-state index contributed by atoms with van der Waals surface area (Å²) in [7, 11) is 0. The molecule has 0 bridgehead atoms. The second kappa shape index (κ2) is 4.58. The average Bonchev–Trinajstić information content (AvgIpc) is 2.26. The van der Waals surface area contributed by atoms with Crippen molar-refractivity contribution in [2.24, 2.45) is 0 Å². The minimum absolute atomic E-state index is 0.0135. The zero-order valence-electron chi connectivity index (χ0n) is 11.5. The number of amides is 1. The summed E-state index contributed by atoms with van der Waals surface area (Å²) in [6, 6.07) is 6.34. The Morgan fingerprint density at radius 1 is 1.50 bits per heavy atom. The maximum atomic E-state index is 12.2. The molecule has 2 rings (SSSR count). The first kappa shape index (κ1) is 13.4. The number of benzene rings is 1. The lowest BCUT2D eigenvalue weighted by Crippen LogP contribution is -2.52. The number of rotatable bonds is 1. The van der Waals surface area contributed by atoms with E-state index in [1.165, 1.54) is 11.1 Å². The maximum Gasteiger partial charge on any atom is 0.242 e. The molecule has 0 aliphatic carbocycles. The van der Waals surface area contributed by atoms with E-state index in [9.17, 15) is 4.79 Å². The number of carbonyl (C=O) groups excluding carboxylic acids is 1. The first-order chi connectivity index (χ1) is 8.36. The molecule has 3 heteroatoms. The van der Waals surface area contributed by atoms with E-state index in [4.69, 9.17) is 11.6 Å². The number of halogens is 1. The van der Waals surface area contributed by atoms with Gasteiger partial charge in [-0.1, -0.05) is 19.1 Å². The number of carbonyl (C=O) groups is 1. The number of aryl methyl sites for hydroxylation is 1. The van der Waals surface area contributed by atoms with E-state index in [0.717, 1.165) is 12.1 Å². The van der Waals surface area contributed by atoms with Gasteiger partial charge in [-0.25, -0.2) is 0 Å². The van der Waals surface area contributed by atoms with Crippen LogP contribution >= 0.6 is 11.6 Å². The standard InChI is InChI=1S/C15H20ClNO/c1-10-5-6-12-11(2)8-15(3,4)17(13(12)7-10)14(18)9-16/h5-7,11H,8-9H2,1-4H3/t11-/m1/s1. The third-order valence-corrected chi connectivity index (χ3v) is 3.96. The molecule has 0 aromatic heterocycles. The van der Waals surface area contributed by atoms with Gasteiger partial charge in [0.05, 0.1) is 0 Å². The van der Waals surface area contributed by atoms with Crippen LogP contribution in [0.4, 0.5) is 5.69 Å². The summed E-state index contributed by atoms with van der Waals surface area (Å²) in [5, 5.41) is 0. The number of hydrogen-bond acceptors (Lipinski definition) is 1. The Bertz CT molecular complexity index is 481. The average molecular weight is 266 g/mol. The Kier molecular flexibility index (Phi) is 3.41. The Labute approximate surface area is 114 Å². The fourth-order valence-electron chi connectivity index (χ4n) is 3.07. The lowest BCUT2D eigenvalue weighted by molar-refractivity contribution is -0.117. The highest BCUT2D eigenvalue weighted by molar-refractivity contribution is 6.29. The molecule has 0 spiro atoms. The van der Waals surface area contributed by atoms with Crippen molar-refractivity contribution in [3.8, 4) is 0 Å². The number of hydrogen-bond donors (Lipinski definition) is 0. The van der Waals surface area contributed by atoms with Crippen molar-refractivity contribution < 1.29 is 4.79 Å². The summed E-state index contributed by atoms with van der Waals surface area (Å²) in [6.45, 7) is 8.49.